The fraction of sp³-hybridized carbons (Fsp3) is 0.353. The molecule has 1 amide bonds. The largest absolute Gasteiger partial charge is 0.493 e. The molecule has 0 atom stereocenters. The van der Waals surface area contributed by atoms with Crippen LogP contribution in [0, 0.1) is 6.92 Å². The van der Waals surface area contributed by atoms with Crippen molar-refractivity contribution in [1.29, 1.82) is 0 Å². The summed E-state index contributed by atoms with van der Waals surface area (Å²) in [6.07, 6.45) is 0.00810. The number of carbonyl (C=O) groups is 1. The Labute approximate surface area is 151 Å². The minimum Gasteiger partial charge on any atom is -0.493 e. The predicted molar refractivity (Wildman–Crippen MR) is 99.7 cm³/mol. The summed E-state index contributed by atoms with van der Waals surface area (Å²) in [5.74, 6) is 0.721. The second-order valence-corrected chi connectivity index (χ2v) is 6.48. The molecule has 1 heterocycles. The summed E-state index contributed by atoms with van der Waals surface area (Å²) in [6.45, 7) is 7.46. The van der Waals surface area contributed by atoms with E-state index in [1.165, 1.54) is 18.6 Å². The second-order valence-electron chi connectivity index (χ2n) is 5.68. The zero-order valence-corrected chi connectivity index (χ0v) is 15.7. The van der Waals surface area contributed by atoms with Crippen LogP contribution in [-0.2, 0) is 0 Å². The summed E-state index contributed by atoms with van der Waals surface area (Å²) in [6, 6.07) is 4.98. The van der Waals surface area contributed by atoms with Crippen LogP contribution in [0.2, 0.25) is 0 Å². The Morgan fingerprint density at radius 2 is 2.08 bits per heavy atom. The first-order valence-electron chi connectivity index (χ1n) is 7.75. The summed E-state index contributed by atoms with van der Waals surface area (Å²) in [5.41, 5.74) is 11.0. The van der Waals surface area contributed by atoms with Gasteiger partial charge in [0.15, 0.2) is 11.5 Å². The van der Waals surface area contributed by atoms with Crippen molar-refractivity contribution in [2.24, 2.45) is 5.10 Å². The number of nitrogens with zero attached hydrogens (tertiary/aromatic N) is 2. The smallest absolute Gasteiger partial charge is 0.271 e. The number of nitrogen functional groups attached to an aromatic ring is 1. The van der Waals surface area contributed by atoms with Crippen LogP contribution >= 0.6 is 11.5 Å². The third-order valence-electron chi connectivity index (χ3n) is 3.36. The van der Waals surface area contributed by atoms with E-state index in [1.807, 2.05) is 20.8 Å². The lowest BCUT2D eigenvalue weighted by molar-refractivity contribution is 0.0954. The summed E-state index contributed by atoms with van der Waals surface area (Å²) in [4.78, 5) is 12.3. The first-order chi connectivity index (χ1) is 11.8. The Hall–Kier alpha value is -2.61. The summed E-state index contributed by atoms with van der Waals surface area (Å²) >= 11 is 1.21. The number of carbonyl (C=O) groups excluding carboxylic acids is 1. The van der Waals surface area contributed by atoms with Crippen molar-refractivity contribution in [2.45, 2.75) is 33.8 Å². The van der Waals surface area contributed by atoms with E-state index in [-0.39, 0.29) is 12.0 Å². The highest BCUT2D eigenvalue weighted by Crippen LogP contribution is 2.29. The molecule has 1 aromatic carbocycles. The van der Waals surface area contributed by atoms with Gasteiger partial charge in [0.2, 0.25) is 0 Å². The molecular formula is C17H22N4O3S. The lowest BCUT2D eigenvalue weighted by Gasteiger charge is -2.14. The summed E-state index contributed by atoms with van der Waals surface area (Å²) in [7, 11) is 1.53. The average molecular weight is 362 g/mol. The van der Waals surface area contributed by atoms with Gasteiger partial charge in [-0.15, -0.1) is 0 Å². The van der Waals surface area contributed by atoms with E-state index in [2.05, 4.69) is 14.9 Å². The number of aromatic nitrogens is 1. The van der Waals surface area contributed by atoms with Crippen LogP contribution in [-0.4, -0.2) is 29.2 Å². The summed E-state index contributed by atoms with van der Waals surface area (Å²) < 4.78 is 15.1. The van der Waals surface area contributed by atoms with Crippen LogP contribution < -0.4 is 20.6 Å². The number of aryl methyl sites for hydroxylation is 1. The fourth-order valence-electron chi connectivity index (χ4n) is 2.24. The van der Waals surface area contributed by atoms with Crippen LogP contribution in [0.15, 0.2) is 23.3 Å². The molecule has 2 aromatic rings. The van der Waals surface area contributed by atoms with E-state index >= 15 is 0 Å². The third-order valence-corrected chi connectivity index (χ3v) is 4.13. The van der Waals surface area contributed by atoms with E-state index < -0.39 is 0 Å². The number of hydrazone groups is 1. The van der Waals surface area contributed by atoms with Gasteiger partial charge < -0.3 is 15.2 Å². The molecule has 3 N–H and O–H groups in total. The molecule has 2 rings (SSSR count). The van der Waals surface area contributed by atoms with Gasteiger partial charge in [-0.2, -0.15) is 9.47 Å². The van der Waals surface area contributed by atoms with Gasteiger partial charge in [-0.1, -0.05) is 0 Å². The lowest BCUT2D eigenvalue weighted by Crippen LogP contribution is -2.20. The van der Waals surface area contributed by atoms with Crippen molar-refractivity contribution in [3.05, 3.63) is 35.0 Å². The van der Waals surface area contributed by atoms with Crippen molar-refractivity contribution >= 4 is 28.2 Å². The molecule has 134 valence electrons. The normalized spacial score (nSPS) is 11.5. The van der Waals surface area contributed by atoms with E-state index in [9.17, 15) is 4.79 Å². The molecule has 1 aromatic heterocycles. The first kappa shape index (κ1) is 18.7. The van der Waals surface area contributed by atoms with Crippen LogP contribution in [0.3, 0.4) is 0 Å². The molecule has 0 saturated carbocycles. The van der Waals surface area contributed by atoms with Gasteiger partial charge in [-0.25, -0.2) is 5.43 Å². The van der Waals surface area contributed by atoms with Crippen LogP contribution in [0.25, 0.3) is 0 Å². The molecule has 0 unspecified atom stereocenters. The quantitative estimate of drug-likeness (QED) is 0.608. The van der Waals surface area contributed by atoms with E-state index in [4.69, 9.17) is 15.2 Å². The molecule has 0 radical (unpaired) electrons. The zero-order valence-electron chi connectivity index (χ0n) is 14.9. The maximum absolute atomic E-state index is 12.3. The number of ether oxygens (including phenoxy) is 2. The Morgan fingerprint density at radius 1 is 1.36 bits per heavy atom. The number of nitrogens with one attached hydrogen (secondary N) is 1. The predicted octanol–water partition coefficient (Wildman–Crippen LogP) is 2.98. The van der Waals surface area contributed by atoms with Crippen LogP contribution in [0.5, 0.6) is 11.5 Å². The van der Waals surface area contributed by atoms with E-state index in [1.54, 1.807) is 25.1 Å². The van der Waals surface area contributed by atoms with Crippen molar-refractivity contribution < 1.29 is 14.3 Å². The first-order valence-corrected chi connectivity index (χ1v) is 8.52. The van der Waals surface area contributed by atoms with Gasteiger partial charge in [0.05, 0.1) is 30.2 Å². The number of methoxy groups -OCH3 is 1. The van der Waals surface area contributed by atoms with Crippen LogP contribution in [0.4, 0.5) is 5.00 Å². The number of benzene rings is 1. The monoisotopic (exact) mass is 362 g/mol. The zero-order chi connectivity index (χ0) is 18.6. The number of anilines is 1. The Morgan fingerprint density at radius 3 is 2.64 bits per heavy atom. The minimum atomic E-state index is -0.354. The Balaban J connectivity index is 2.17. The van der Waals surface area contributed by atoms with Crippen molar-refractivity contribution in [3.8, 4) is 11.5 Å². The van der Waals surface area contributed by atoms with Crippen molar-refractivity contribution in [1.82, 2.24) is 9.80 Å². The highest BCUT2D eigenvalue weighted by Gasteiger charge is 2.14. The lowest BCUT2D eigenvalue weighted by atomic mass is 10.2. The van der Waals surface area contributed by atoms with Gasteiger partial charge in [0, 0.05) is 5.56 Å². The molecule has 0 saturated heterocycles. The summed E-state index contributed by atoms with van der Waals surface area (Å²) in [5, 5.41) is 4.70. The average Bonchev–Trinajstić information content (AvgIpc) is 2.91. The standard InChI is InChI=1S/C17H22N4O3S/c1-9(2)24-13-7-6-12(8-14(13)23-5)17(22)20-19-10(3)15-11(4)21-25-16(15)18/h6-9H,18H2,1-5H3,(H,20,22)/b19-10-. The van der Waals surface area contributed by atoms with E-state index in [0.717, 1.165) is 11.3 Å². The topological polar surface area (TPSA) is 98.8 Å². The molecule has 0 aliphatic heterocycles. The Bertz CT molecular complexity index is 780. The maximum atomic E-state index is 12.3. The van der Waals surface area contributed by atoms with Gasteiger partial charge >= 0.3 is 0 Å². The fourth-order valence-corrected chi connectivity index (χ4v) is 2.96. The Kier molecular flexibility index (Phi) is 5.97. The minimum absolute atomic E-state index is 0.00810. The van der Waals surface area contributed by atoms with Crippen LogP contribution in [0.1, 0.15) is 42.4 Å². The number of rotatable bonds is 6. The van der Waals surface area contributed by atoms with Gasteiger partial charge in [-0.05, 0) is 57.4 Å². The SMILES string of the molecule is COc1cc(C(=O)N/N=C(/C)c2c(C)nsc2N)ccc1OC(C)C. The van der Waals surface area contributed by atoms with Gasteiger partial charge in [0.1, 0.15) is 5.00 Å². The number of amides is 1. The molecule has 0 fully saturated rings. The number of nitrogens with two attached hydrogens (primary N) is 1. The van der Waals surface area contributed by atoms with Gasteiger partial charge in [-0.3, -0.25) is 4.79 Å². The molecule has 25 heavy (non-hydrogen) atoms. The molecule has 0 bridgehead atoms. The number of hydrogen-bond acceptors (Lipinski definition) is 7. The van der Waals surface area contributed by atoms with Gasteiger partial charge in [0.25, 0.3) is 5.91 Å². The molecule has 0 aliphatic carbocycles. The van der Waals surface area contributed by atoms with Crippen molar-refractivity contribution in [2.75, 3.05) is 12.8 Å². The number of hydrogen-bond donors (Lipinski definition) is 2. The van der Waals surface area contributed by atoms with E-state index in [0.29, 0.717) is 27.8 Å². The highest BCUT2D eigenvalue weighted by atomic mass is 32.1. The molecule has 0 spiro atoms. The maximum Gasteiger partial charge on any atom is 0.271 e. The molecule has 7 nitrogen and oxygen atoms in total. The molecular weight excluding hydrogens is 340 g/mol. The highest BCUT2D eigenvalue weighted by molar-refractivity contribution is 7.10. The molecule has 8 heteroatoms. The van der Waals surface area contributed by atoms with Crippen molar-refractivity contribution in [3.63, 3.8) is 0 Å². The second kappa shape index (κ2) is 7.98. The third kappa shape index (κ3) is 4.48. The molecule has 0 aliphatic rings.